The summed E-state index contributed by atoms with van der Waals surface area (Å²) in [4.78, 5) is 17.0. The molecule has 0 fully saturated rings. The van der Waals surface area contributed by atoms with Gasteiger partial charge in [-0.05, 0) is 28.1 Å². The molecule has 82 valence electrons. The molecule has 2 rings (SSSR count). The molecule has 1 aromatic heterocycles. The monoisotopic (exact) mass is 286 g/mol. The molecule has 0 aliphatic rings. The minimum atomic E-state index is -0.780. The fourth-order valence-corrected chi connectivity index (χ4v) is 1.60. The fraction of sp³-hybridized carbons (Fsp3) is 0. The van der Waals surface area contributed by atoms with Gasteiger partial charge in [0.25, 0.3) is 5.56 Å². The van der Waals surface area contributed by atoms with Crippen LogP contribution in [-0.2, 0) is 0 Å². The van der Waals surface area contributed by atoms with Gasteiger partial charge >= 0.3 is 0 Å². The Morgan fingerprint density at radius 1 is 1.31 bits per heavy atom. The molecule has 1 heterocycles. The average Bonchev–Trinajstić information content (AvgIpc) is 2.24. The molecule has 0 saturated heterocycles. The third-order valence-electron chi connectivity index (χ3n) is 1.98. The van der Waals surface area contributed by atoms with Crippen LogP contribution in [0.1, 0.15) is 0 Å². The number of hydrogen-bond acceptors (Lipinski definition) is 2. The van der Waals surface area contributed by atoms with Gasteiger partial charge in [0, 0.05) is 6.07 Å². The fourth-order valence-electron chi connectivity index (χ4n) is 1.27. The second-order valence-electron chi connectivity index (χ2n) is 3.01. The van der Waals surface area contributed by atoms with Crippen molar-refractivity contribution in [2.45, 2.75) is 0 Å². The third kappa shape index (κ3) is 1.88. The van der Waals surface area contributed by atoms with Crippen LogP contribution in [0, 0.1) is 11.6 Å². The largest absolute Gasteiger partial charge is 0.313 e. The number of nitrogens with one attached hydrogen (secondary N) is 1. The number of halogens is 3. The van der Waals surface area contributed by atoms with E-state index in [1.54, 1.807) is 0 Å². The van der Waals surface area contributed by atoms with Crippen LogP contribution in [0.5, 0.6) is 0 Å². The van der Waals surface area contributed by atoms with Crippen LogP contribution >= 0.6 is 15.9 Å². The Morgan fingerprint density at radius 3 is 2.75 bits per heavy atom. The molecular weight excluding hydrogens is 282 g/mol. The molecular formula is C10H5BrF2N2O. The highest BCUT2D eigenvalue weighted by atomic mass is 79.9. The van der Waals surface area contributed by atoms with Gasteiger partial charge in [0.05, 0.1) is 22.1 Å². The molecule has 16 heavy (non-hydrogen) atoms. The van der Waals surface area contributed by atoms with Crippen LogP contribution in [0.15, 0.2) is 33.8 Å². The van der Waals surface area contributed by atoms with Gasteiger partial charge in [0.2, 0.25) is 0 Å². The summed E-state index contributed by atoms with van der Waals surface area (Å²) in [5, 5.41) is 0. The van der Waals surface area contributed by atoms with Crippen molar-refractivity contribution in [3.05, 3.63) is 51.0 Å². The van der Waals surface area contributed by atoms with Crippen molar-refractivity contribution in [1.82, 2.24) is 9.97 Å². The number of H-pyrrole nitrogens is 1. The van der Waals surface area contributed by atoms with Crippen LogP contribution in [0.2, 0.25) is 0 Å². The molecule has 1 aromatic carbocycles. The van der Waals surface area contributed by atoms with Crippen LogP contribution in [-0.4, -0.2) is 9.97 Å². The molecule has 0 radical (unpaired) electrons. The minimum absolute atomic E-state index is 0.0416. The van der Waals surface area contributed by atoms with Crippen molar-refractivity contribution < 1.29 is 8.78 Å². The maximum absolute atomic E-state index is 13.6. The average molecular weight is 287 g/mol. The Labute approximate surface area is 97.3 Å². The van der Waals surface area contributed by atoms with Crippen molar-refractivity contribution in [2.24, 2.45) is 0 Å². The van der Waals surface area contributed by atoms with Crippen molar-refractivity contribution >= 4 is 15.9 Å². The van der Waals surface area contributed by atoms with E-state index in [1.807, 2.05) is 0 Å². The molecule has 3 nitrogen and oxygen atoms in total. The Morgan fingerprint density at radius 2 is 2.06 bits per heavy atom. The normalized spacial score (nSPS) is 10.4. The summed E-state index contributed by atoms with van der Waals surface area (Å²) in [6, 6.07) is 3.39. The van der Waals surface area contributed by atoms with E-state index in [9.17, 15) is 13.6 Å². The van der Waals surface area contributed by atoms with Crippen LogP contribution < -0.4 is 5.56 Å². The third-order valence-corrected chi connectivity index (χ3v) is 2.59. The van der Waals surface area contributed by atoms with Gasteiger partial charge < -0.3 is 4.98 Å². The Bertz CT molecular complexity index is 598. The van der Waals surface area contributed by atoms with E-state index in [-0.39, 0.29) is 15.7 Å². The van der Waals surface area contributed by atoms with Gasteiger partial charge in [-0.3, -0.25) is 4.79 Å². The van der Waals surface area contributed by atoms with Crippen LogP contribution in [0.4, 0.5) is 8.78 Å². The number of benzene rings is 1. The Balaban J connectivity index is 2.73. The molecule has 6 heteroatoms. The van der Waals surface area contributed by atoms with Crippen molar-refractivity contribution in [3.63, 3.8) is 0 Å². The van der Waals surface area contributed by atoms with E-state index < -0.39 is 17.2 Å². The van der Waals surface area contributed by atoms with E-state index in [0.29, 0.717) is 0 Å². The van der Waals surface area contributed by atoms with Gasteiger partial charge in [-0.2, -0.15) is 0 Å². The highest BCUT2D eigenvalue weighted by Gasteiger charge is 2.15. The number of hydrogen-bond donors (Lipinski definition) is 1. The second kappa shape index (κ2) is 4.13. The minimum Gasteiger partial charge on any atom is -0.313 e. The highest BCUT2D eigenvalue weighted by Crippen LogP contribution is 2.28. The van der Waals surface area contributed by atoms with Crippen LogP contribution in [0.25, 0.3) is 11.3 Å². The summed E-state index contributed by atoms with van der Waals surface area (Å²) in [5.74, 6) is -1.54. The van der Waals surface area contributed by atoms with Crippen LogP contribution in [0.3, 0.4) is 0 Å². The van der Waals surface area contributed by atoms with Crippen molar-refractivity contribution in [2.75, 3.05) is 0 Å². The Kier molecular flexibility index (Phi) is 2.82. The maximum atomic E-state index is 13.6. The summed E-state index contributed by atoms with van der Waals surface area (Å²) >= 11 is 2.94. The van der Waals surface area contributed by atoms with E-state index in [1.165, 1.54) is 6.07 Å². The first-order valence-corrected chi connectivity index (χ1v) is 5.07. The summed E-state index contributed by atoms with van der Waals surface area (Å²) in [6.45, 7) is 0. The number of nitrogens with zero attached hydrogens (tertiary/aromatic N) is 1. The summed E-state index contributed by atoms with van der Waals surface area (Å²) in [6.07, 6.45) is 1.09. The maximum Gasteiger partial charge on any atom is 0.251 e. The summed E-state index contributed by atoms with van der Waals surface area (Å²) < 4.78 is 27.2. The van der Waals surface area contributed by atoms with Gasteiger partial charge in [-0.15, -0.1) is 0 Å². The van der Waals surface area contributed by atoms with Crippen molar-refractivity contribution in [1.29, 1.82) is 0 Å². The highest BCUT2D eigenvalue weighted by molar-refractivity contribution is 9.10. The van der Waals surface area contributed by atoms with E-state index in [2.05, 4.69) is 25.9 Å². The lowest BCUT2D eigenvalue weighted by Crippen LogP contribution is -2.06. The van der Waals surface area contributed by atoms with Gasteiger partial charge in [0.15, 0.2) is 0 Å². The molecule has 2 aromatic rings. The first kappa shape index (κ1) is 10.9. The first-order chi connectivity index (χ1) is 7.59. The zero-order valence-electron chi connectivity index (χ0n) is 7.80. The predicted molar refractivity (Wildman–Crippen MR) is 57.9 cm³/mol. The molecule has 0 aliphatic carbocycles. The number of aromatic nitrogens is 2. The van der Waals surface area contributed by atoms with Crippen molar-refractivity contribution in [3.8, 4) is 11.3 Å². The van der Waals surface area contributed by atoms with E-state index in [0.717, 1.165) is 18.5 Å². The number of rotatable bonds is 1. The molecule has 0 aliphatic heterocycles. The topological polar surface area (TPSA) is 45.8 Å². The molecule has 0 bridgehead atoms. The van der Waals surface area contributed by atoms with Gasteiger partial charge in [0.1, 0.15) is 11.6 Å². The Hall–Kier alpha value is -1.56. The predicted octanol–water partition coefficient (Wildman–Crippen LogP) is 2.48. The SMILES string of the molecule is O=c1cc(-c2c(F)ccc(Br)c2F)nc[nH]1. The molecule has 0 atom stereocenters. The van der Waals surface area contributed by atoms with Gasteiger partial charge in [-0.25, -0.2) is 13.8 Å². The standard InChI is InChI=1S/C10H5BrF2N2O/c11-5-1-2-6(12)9(10(5)13)7-3-8(16)15-4-14-7/h1-4H,(H,14,15,16). The van der Waals surface area contributed by atoms with Gasteiger partial charge in [-0.1, -0.05) is 0 Å². The summed E-state index contributed by atoms with van der Waals surface area (Å²) in [7, 11) is 0. The van der Waals surface area contributed by atoms with E-state index in [4.69, 9.17) is 0 Å². The molecule has 0 spiro atoms. The molecule has 1 N–H and O–H groups in total. The molecule has 0 saturated carbocycles. The first-order valence-electron chi connectivity index (χ1n) is 4.28. The lowest BCUT2D eigenvalue weighted by molar-refractivity contribution is 0.584. The molecule has 0 unspecified atom stereocenters. The zero-order valence-corrected chi connectivity index (χ0v) is 9.38. The lowest BCUT2D eigenvalue weighted by Gasteiger charge is -2.04. The zero-order chi connectivity index (χ0) is 11.7. The van der Waals surface area contributed by atoms with E-state index >= 15 is 0 Å². The summed E-state index contributed by atoms with van der Waals surface area (Å²) in [5.41, 5.74) is -0.829. The second-order valence-corrected chi connectivity index (χ2v) is 3.87. The lowest BCUT2D eigenvalue weighted by atomic mass is 10.1. The smallest absolute Gasteiger partial charge is 0.251 e. The molecule has 0 amide bonds. The quantitative estimate of drug-likeness (QED) is 0.819. The number of aromatic amines is 1.